The molecule has 0 heterocycles. The molecule has 0 aliphatic rings. The van der Waals surface area contributed by atoms with Crippen molar-refractivity contribution in [1.29, 1.82) is 0 Å². The summed E-state index contributed by atoms with van der Waals surface area (Å²) < 4.78 is 35.0. The van der Waals surface area contributed by atoms with E-state index in [0.717, 1.165) is 57.8 Å². The van der Waals surface area contributed by atoms with Gasteiger partial charge in [-0.2, -0.15) is 0 Å². The molecule has 55 heavy (non-hydrogen) atoms. The van der Waals surface area contributed by atoms with Crippen LogP contribution in [0.4, 0.5) is 0 Å². The van der Waals surface area contributed by atoms with Crippen molar-refractivity contribution in [1.82, 2.24) is 0 Å². The second-order valence-corrected chi connectivity index (χ2v) is 17.9. The van der Waals surface area contributed by atoms with Gasteiger partial charge in [0.15, 0.2) is 0 Å². The zero-order chi connectivity index (χ0) is 40.6. The summed E-state index contributed by atoms with van der Waals surface area (Å²) in [5.74, 6) is -0.329. The van der Waals surface area contributed by atoms with Gasteiger partial charge in [-0.25, -0.2) is 4.57 Å². The van der Waals surface area contributed by atoms with Gasteiger partial charge in [-0.05, 0) is 70.6 Å². The summed E-state index contributed by atoms with van der Waals surface area (Å²) in [4.78, 5) is 22.9. The summed E-state index contributed by atoms with van der Waals surface area (Å²) in [6.07, 6.45) is 46.0. The predicted molar refractivity (Wildman–Crippen MR) is 233 cm³/mol. The first-order valence-electron chi connectivity index (χ1n) is 22.7. The molecule has 0 rings (SSSR count). The SMILES string of the molecule is CCCCCC/C=C\C/C=C\CCCCCCCC(=O)OC(COCCCCCCCC/C=C\CCCCCCCCC)COP(=O)(O)OCC[N+](C)(C)C. The molecule has 8 nitrogen and oxygen atoms in total. The maximum Gasteiger partial charge on any atom is 0.472 e. The lowest BCUT2D eigenvalue weighted by Crippen LogP contribution is -2.37. The second kappa shape index (κ2) is 39.5. The minimum atomic E-state index is -4.28. The van der Waals surface area contributed by atoms with Crippen LogP contribution in [-0.4, -0.2) is 75.6 Å². The molecular weight excluding hydrogens is 709 g/mol. The molecule has 0 aromatic carbocycles. The highest BCUT2D eigenvalue weighted by atomic mass is 31.2. The van der Waals surface area contributed by atoms with E-state index in [1.807, 2.05) is 21.1 Å². The van der Waals surface area contributed by atoms with Gasteiger partial charge in [0.25, 0.3) is 0 Å². The largest absolute Gasteiger partial charge is 0.472 e. The molecule has 0 aliphatic carbocycles. The Morgan fingerprint density at radius 1 is 0.564 bits per heavy atom. The molecule has 324 valence electrons. The molecule has 0 aromatic rings. The van der Waals surface area contributed by atoms with Crippen molar-refractivity contribution in [2.24, 2.45) is 0 Å². The van der Waals surface area contributed by atoms with Gasteiger partial charge in [-0.3, -0.25) is 13.8 Å². The maximum absolute atomic E-state index is 12.7. The monoisotopic (exact) mass is 799 g/mol. The zero-order valence-electron chi connectivity index (χ0n) is 36.7. The Morgan fingerprint density at radius 3 is 1.51 bits per heavy atom. The van der Waals surface area contributed by atoms with Crippen LogP contribution in [0, 0.1) is 0 Å². The number of allylic oxidation sites excluding steroid dienone is 6. The van der Waals surface area contributed by atoms with Crippen LogP contribution in [0.2, 0.25) is 0 Å². The Morgan fingerprint density at radius 2 is 1.00 bits per heavy atom. The summed E-state index contributed by atoms with van der Waals surface area (Å²) in [5.41, 5.74) is 0. The standard InChI is InChI=1S/C46H88NO7P/c1-6-8-10-12-14-16-18-20-22-24-26-28-30-32-34-36-38-41-51-43-45(44-53-55(49,50)52-42-40-47(3,4)5)54-46(48)39-37-35-33-31-29-27-25-23-21-19-17-15-13-11-9-7-2/h17,19,22-25,45H,6-16,18,20-21,26-44H2,1-5H3/p+1/b19-17-,24-22-,25-23-. The van der Waals surface area contributed by atoms with Gasteiger partial charge in [0.2, 0.25) is 0 Å². The summed E-state index contributed by atoms with van der Waals surface area (Å²) >= 11 is 0. The number of hydrogen-bond acceptors (Lipinski definition) is 6. The molecule has 9 heteroatoms. The molecule has 0 aromatic heterocycles. The molecule has 0 radical (unpaired) electrons. The van der Waals surface area contributed by atoms with Crippen molar-refractivity contribution in [2.75, 3.05) is 54.1 Å². The van der Waals surface area contributed by atoms with Crippen LogP contribution in [-0.2, 0) is 27.9 Å². The summed E-state index contributed by atoms with van der Waals surface area (Å²) in [5, 5.41) is 0. The van der Waals surface area contributed by atoms with E-state index in [9.17, 15) is 14.3 Å². The first-order valence-corrected chi connectivity index (χ1v) is 24.2. The number of phosphoric acid groups is 1. The normalized spacial score (nSPS) is 14.1. The van der Waals surface area contributed by atoms with E-state index in [1.165, 1.54) is 116 Å². The van der Waals surface area contributed by atoms with E-state index in [2.05, 4.69) is 50.3 Å². The van der Waals surface area contributed by atoms with E-state index < -0.39 is 13.9 Å². The number of esters is 1. The maximum atomic E-state index is 12.7. The number of carbonyl (C=O) groups excluding carboxylic acids is 1. The van der Waals surface area contributed by atoms with Gasteiger partial charge in [-0.15, -0.1) is 0 Å². The molecule has 0 aliphatic heterocycles. The van der Waals surface area contributed by atoms with Crippen LogP contribution in [0.5, 0.6) is 0 Å². The van der Waals surface area contributed by atoms with Crippen LogP contribution < -0.4 is 0 Å². The lowest BCUT2D eigenvalue weighted by molar-refractivity contribution is -0.870. The second-order valence-electron chi connectivity index (χ2n) is 16.4. The minimum absolute atomic E-state index is 0.0845. The fraction of sp³-hybridized carbons (Fsp3) is 0.848. The number of nitrogens with zero attached hydrogens (tertiary/aromatic N) is 1. The average Bonchev–Trinajstić information content (AvgIpc) is 3.13. The predicted octanol–water partition coefficient (Wildman–Crippen LogP) is 13.4. The Hall–Kier alpha value is -1.28. The van der Waals surface area contributed by atoms with Crippen molar-refractivity contribution in [2.45, 2.75) is 200 Å². The van der Waals surface area contributed by atoms with Crippen LogP contribution in [0.1, 0.15) is 194 Å². The highest BCUT2D eigenvalue weighted by molar-refractivity contribution is 7.47. The Balaban J connectivity index is 4.25. The molecular formula is C46H89NO7P+. The molecule has 1 N–H and O–H groups in total. The van der Waals surface area contributed by atoms with Crippen molar-refractivity contribution in [3.8, 4) is 0 Å². The lowest BCUT2D eigenvalue weighted by Gasteiger charge is -2.24. The van der Waals surface area contributed by atoms with Crippen LogP contribution >= 0.6 is 7.82 Å². The van der Waals surface area contributed by atoms with E-state index in [0.29, 0.717) is 24.1 Å². The quantitative estimate of drug-likeness (QED) is 0.0216. The number of likely N-dealkylation sites (N-methyl/N-ethyl adjacent to an activating group) is 1. The van der Waals surface area contributed by atoms with Gasteiger partial charge in [0.05, 0.1) is 34.4 Å². The fourth-order valence-corrected chi connectivity index (χ4v) is 6.85. The van der Waals surface area contributed by atoms with E-state index >= 15 is 0 Å². The number of rotatable bonds is 42. The van der Waals surface area contributed by atoms with Crippen molar-refractivity contribution < 1.29 is 37.3 Å². The molecule has 0 spiro atoms. The highest BCUT2D eigenvalue weighted by Gasteiger charge is 2.26. The van der Waals surface area contributed by atoms with E-state index in [1.54, 1.807) is 0 Å². The topological polar surface area (TPSA) is 91.3 Å². The zero-order valence-corrected chi connectivity index (χ0v) is 37.6. The highest BCUT2D eigenvalue weighted by Crippen LogP contribution is 2.43. The number of carbonyl (C=O) groups is 1. The third kappa shape index (κ3) is 43.7. The molecule has 0 fully saturated rings. The molecule has 0 bridgehead atoms. The first-order chi connectivity index (χ1) is 26.6. The third-order valence-corrected chi connectivity index (χ3v) is 10.7. The van der Waals surface area contributed by atoms with Crippen LogP contribution in [0.15, 0.2) is 36.5 Å². The smallest absolute Gasteiger partial charge is 0.457 e. The Labute approximate surface area is 340 Å². The third-order valence-electron chi connectivity index (χ3n) is 9.67. The van der Waals surface area contributed by atoms with Crippen LogP contribution in [0.3, 0.4) is 0 Å². The summed E-state index contributed by atoms with van der Waals surface area (Å²) in [6.45, 7) is 5.58. The van der Waals surface area contributed by atoms with Crippen molar-refractivity contribution in [3.63, 3.8) is 0 Å². The molecule has 2 atom stereocenters. The van der Waals surface area contributed by atoms with Gasteiger partial charge < -0.3 is 18.9 Å². The minimum Gasteiger partial charge on any atom is -0.457 e. The van der Waals surface area contributed by atoms with Crippen molar-refractivity contribution >= 4 is 13.8 Å². The van der Waals surface area contributed by atoms with Crippen LogP contribution in [0.25, 0.3) is 0 Å². The summed E-state index contributed by atoms with van der Waals surface area (Å²) in [6, 6.07) is 0. The number of unbranched alkanes of at least 4 members (excludes halogenated alkanes) is 22. The Kier molecular flexibility index (Phi) is 38.6. The average molecular weight is 799 g/mol. The molecule has 0 amide bonds. The first kappa shape index (κ1) is 53.7. The van der Waals surface area contributed by atoms with Gasteiger partial charge in [0.1, 0.15) is 19.3 Å². The molecule has 2 unspecified atom stereocenters. The van der Waals surface area contributed by atoms with Crippen molar-refractivity contribution in [3.05, 3.63) is 36.5 Å². The van der Waals surface area contributed by atoms with E-state index in [4.69, 9.17) is 18.5 Å². The lowest BCUT2D eigenvalue weighted by atomic mass is 10.1. The van der Waals surface area contributed by atoms with Gasteiger partial charge in [-0.1, -0.05) is 153 Å². The van der Waals surface area contributed by atoms with Gasteiger partial charge >= 0.3 is 13.8 Å². The molecule has 0 saturated carbocycles. The Bertz CT molecular complexity index is 978. The fourth-order valence-electron chi connectivity index (χ4n) is 6.11. The number of phosphoric ester groups is 1. The van der Waals surface area contributed by atoms with E-state index in [-0.39, 0.29) is 25.8 Å². The molecule has 0 saturated heterocycles. The number of quaternary nitrogens is 1. The number of hydrogen-bond donors (Lipinski definition) is 1. The summed E-state index contributed by atoms with van der Waals surface area (Å²) in [7, 11) is 1.65. The van der Waals surface area contributed by atoms with Gasteiger partial charge in [0, 0.05) is 13.0 Å². The number of ether oxygens (including phenoxy) is 2.